The molecule has 0 spiro atoms. The molecule has 13 heteroatoms. The highest BCUT2D eigenvalue weighted by Gasteiger charge is 2.39. The molecule has 1 amide bonds. The molecule has 3 heterocycles. The van der Waals surface area contributed by atoms with E-state index in [0.29, 0.717) is 27.8 Å². The summed E-state index contributed by atoms with van der Waals surface area (Å²) >= 11 is 5.72. The summed E-state index contributed by atoms with van der Waals surface area (Å²) < 4.78 is 44.2. The van der Waals surface area contributed by atoms with E-state index in [-0.39, 0.29) is 25.7 Å². The van der Waals surface area contributed by atoms with Gasteiger partial charge in [0.2, 0.25) is 5.75 Å². The van der Waals surface area contributed by atoms with E-state index in [1.807, 2.05) is 11.9 Å². The molecule has 2 aliphatic heterocycles. The number of aromatic hydroxyl groups is 1. The monoisotopic (exact) mass is 516 g/mol. The first-order chi connectivity index (χ1) is 16.5. The molecule has 9 nitrogen and oxygen atoms in total. The Bertz CT molecular complexity index is 1140. The van der Waals surface area contributed by atoms with Crippen LogP contribution in [0.15, 0.2) is 29.1 Å². The van der Waals surface area contributed by atoms with Gasteiger partial charge in [-0.2, -0.15) is 18.2 Å². The van der Waals surface area contributed by atoms with Crippen molar-refractivity contribution in [3.05, 3.63) is 51.2 Å². The number of alkyl halides is 3. The van der Waals surface area contributed by atoms with E-state index < -0.39 is 35.6 Å². The van der Waals surface area contributed by atoms with Crippen LogP contribution in [0.1, 0.15) is 35.2 Å². The average Bonchev–Trinajstić information content (AvgIpc) is 3.22. The van der Waals surface area contributed by atoms with Crippen molar-refractivity contribution in [3.63, 3.8) is 0 Å². The Morgan fingerprint density at radius 2 is 1.94 bits per heavy atom. The second-order valence-corrected chi connectivity index (χ2v) is 8.42. The molecule has 4 rings (SSSR count). The van der Waals surface area contributed by atoms with Crippen LogP contribution in [-0.4, -0.2) is 76.1 Å². The van der Waals surface area contributed by atoms with Crippen LogP contribution in [0.4, 0.5) is 13.2 Å². The minimum atomic E-state index is -4.55. The number of carbonyl (C=O) groups excluding carboxylic acids is 2. The van der Waals surface area contributed by atoms with Gasteiger partial charge in [0.05, 0.1) is 11.1 Å². The van der Waals surface area contributed by atoms with Gasteiger partial charge in [0.15, 0.2) is 12.0 Å². The topological polar surface area (TPSA) is 105 Å². The number of aromatic nitrogens is 2. The smallest absolute Gasteiger partial charge is 0.406 e. The Morgan fingerprint density at radius 1 is 1.23 bits per heavy atom. The molecule has 35 heavy (non-hydrogen) atoms. The molecular weight excluding hydrogens is 493 g/mol. The summed E-state index contributed by atoms with van der Waals surface area (Å²) in [7, 11) is 1.85. The lowest BCUT2D eigenvalue weighted by Crippen LogP contribution is -2.47. The number of para-hydroxylation sites is 1. The van der Waals surface area contributed by atoms with Gasteiger partial charge >= 0.3 is 11.7 Å². The summed E-state index contributed by atoms with van der Waals surface area (Å²) in [5.74, 6) is -1.03. The number of halogens is 4. The Labute approximate surface area is 203 Å². The van der Waals surface area contributed by atoms with E-state index in [1.54, 1.807) is 24.3 Å². The number of likely N-dealkylation sites (tertiary alicyclic amines) is 1. The van der Waals surface area contributed by atoms with Gasteiger partial charge in [-0.05, 0) is 38.6 Å². The molecule has 190 valence electrons. The van der Waals surface area contributed by atoms with Crippen molar-refractivity contribution in [3.8, 4) is 11.5 Å². The van der Waals surface area contributed by atoms with Crippen LogP contribution in [0.2, 0.25) is 5.02 Å². The Hall–Kier alpha value is -3.12. The van der Waals surface area contributed by atoms with Gasteiger partial charge in [0, 0.05) is 13.1 Å². The van der Waals surface area contributed by atoms with Crippen molar-refractivity contribution in [2.75, 3.05) is 33.3 Å². The van der Waals surface area contributed by atoms with Crippen LogP contribution in [-0.2, 0) is 11.3 Å². The maximum atomic E-state index is 12.6. The van der Waals surface area contributed by atoms with Gasteiger partial charge in [-0.3, -0.25) is 19.3 Å². The predicted octanol–water partition coefficient (Wildman–Crippen LogP) is 2.65. The number of aldehydes is 1. The molecule has 1 saturated heterocycles. The fourth-order valence-electron chi connectivity index (χ4n) is 4.02. The van der Waals surface area contributed by atoms with Crippen molar-refractivity contribution in [2.24, 2.45) is 0 Å². The van der Waals surface area contributed by atoms with E-state index in [9.17, 15) is 32.7 Å². The summed E-state index contributed by atoms with van der Waals surface area (Å²) in [6, 6.07) is 6.83. The van der Waals surface area contributed by atoms with E-state index in [2.05, 4.69) is 4.98 Å². The normalized spacial score (nSPS) is 18.0. The third-order valence-electron chi connectivity index (χ3n) is 5.60. The molecule has 1 N–H and O–H groups in total. The molecule has 2 aromatic rings. The number of hydrogen-bond donors (Lipinski definition) is 1. The number of amides is 1. The SMILES string of the molecule is CN1CCCC1c1nc(=O)c(O)c2n1CCN(CC(F)(F)F)C2=O.O=CCOc1ccccc1Cl. The van der Waals surface area contributed by atoms with Crippen molar-refractivity contribution in [1.29, 1.82) is 0 Å². The lowest BCUT2D eigenvalue weighted by atomic mass is 10.1. The highest BCUT2D eigenvalue weighted by Crippen LogP contribution is 2.32. The summed E-state index contributed by atoms with van der Waals surface area (Å²) in [5, 5.41) is 10.4. The maximum Gasteiger partial charge on any atom is 0.406 e. The zero-order chi connectivity index (χ0) is 25.8. The molecule has 1 atom stereocenters. The first-order valence-electron chi connectivity index (χ1n) is 10.7. The van der Waals surface area contributed by atoms with E-state index in [0.717, 1.165) is 19.4 Å². The largest absolute Gasteiger partial charge is 0.501 e. The summed E-state index contributed by atoms with van der Waals surface area (Å²) in [6.07, 6.45) is -2.24. The third-order valence-corrected chi connectivity index (χ3v) is 5.92. The maximum absolute atomic E-state index is 12.6. The molecule has 2 aliphatic rings. The van der Waals surface area contributed by atoms with E-state index in [4.69, 9.17) is 16.3 Å². The molecule has 1 unspecified atom stereocenters. The first-order valence-corrected chi connectivity index (χ1v) is 11.1. The second-order valence-electron chi connectivity index (χ2n) is 8.01. The van der Waals surface area contributed by atoms with Crippen LogP contribution in [0.25, 0.3) is 0 Å². The minimum Gasteiger partial charge on any atom is -0.501 e. The number of ether oxygens (including phenoxy) is 1. The minimum absolute atomic E-state index is 0.0454. The van der Waals surface area contributed by atoms with Crippen LogP contribution < -0.4 is 10.3 Å². The molecular formula is C22H24ClF3N4O5. The molecule has 0 radical (unpaired) electrons. The fourth-order valence-corrected chi connectivity index (χ4v) is 4.21. The third kappa shape index (κ3) is 6.31. The summed E-state index contributed by atoms with van der Waals surface area (Å²) in [4.78, 5) is 40.7. The Kier molecular flexibility index (Phi) is 8.39. The number of carbonyl (C=O) groups is 2. The number of rotatable bonds is 5. The van der Waals surface area contributed by atoms with Crippen LogP contribution in [0, 0.1) is 0 Å². The average molecular weight is 517 g/mol. The van der Waals surface area contributed by atoms with Crippen molar-refractivity contribution < 1.29 is 32.6 Å². The highest BCUT2D eigenvalue weighted by molar-refractivity contribution is 6.32. The zero-order valence-corrected chi connectivity index (χ0v) is 19.6. The second kappa shape index (κ2) is 11.1. The predicted molar refractivity (Wildman–Crippen MR) is 120 cm³/mol. The quantitative estimate of drug-likeness (QED) is 0.609. The lowest BCUT2D eigenvalue weighted by molar-refractivity contribution is -0.141. The van der Waals surface area contributed by atoms with Crippen molar-refractivity contribution in [2.45, 2.75) is 31.6 Å². The summed E-state index contributed by atoms with van der Waals surface area (Å²) in [6.45, 7) is -0.675. The lowest BCUT2D eigenvalue weighted by Gasteiger charge is -2.33. The van der Waals surface area contributed by atoms with Gasteiger partial charge in [-0.25, -0.2) is 0 Å². The van der Waals surface area contributed by atoms with Gasteiger partial charge in [0.1, 0.15) is 24.7 Å². The van der Waals surface area contributed by atoms with Gasteiger partial charge in [0.25, 0.3) is 5.91 Å². The first kappa shape index (κ1) is 26.5. The van der Waals surface area contributed by atoms with Crippen LogP contribution in [0.3, 0.4) is 0 Å². The van der Waals surface area contributed by atoms with Crippen LogP contribution >= 0.6 is 11.6 Å². The van der Waals surface area contributed by atoms with E-state index in [1.165, 1.54) is 4.57 Å². The van der Waals surface area contributed by atoms with E-state index >= 15 is 0 Å². The molecule has 0 saturated carbocycles. The molecule has 0 aliphatic carbocycles. The Morgan fingerprint density at radius 3 is 2.54 bits per heavy atom. The van der Waals surface area contributed by atoms with Crippen molar-refractivity contribution >= 4 is 23.8 Å². The fraction of sp³-hybridized carbons (Fsp3) is 0.455. The van der Waals surface area contributed by atoms with Gasteiger partial charge in [-0.1, -0.05) is 23.7 Å². The zero-order valence-electron chi connectivity index (χ0n) is 18.8. The molecule has 1 aromatic heterocycles. The number of benzene rings is 1. The highest BCUT2D eigenvalue weighted by atomic mass is 35.5. The molecule has 1 aromatic carbocycles. The molecule has 1 fully saturated rings. The van der Waals surface area contributed by atoms with Crippen molar-refractivity contribution in [1.82, 2.24) is 19.4 Å². The summed E-state index contributed by atoms with van der Waals surface area (Å²) in [5.41, 5.74) is -1.39. The number of hydrogen-bond acceptors (Lipinski definition) is 7. The Balaban J connectivity index is 0.000000261. The van der Waals surface area contributed by atoms with Gasteiger partial charge in [-0.15, -0.1) is 0 Å². The number of fused-ring (bicyclic) bond motifs is 1. The standard InChI is InChI=1S/C14H17F3N4O3.C8H7ClO2/c1-19-4-2-3-8(19)11-18-12(23)10(22)9-13(24)20(5-6-21(9)11)7-14(15,16)17;9-7-3-1-2-4-8(7)11-6-5-10/h8,22H,2-7H2,1H3;1-5H,6H2. The van der Waals surface area contributed by atoms with Crippen LogP contribution in [0.5, 0.6) is 11.5 Å². The molecule has 0 bridgehead atoms. The van der Waals surface area contributed by atoms with Gasteiger partial charge < -0.3 is 19.3 Å². The number of nitrogens with zero attached hydrogens (tertiary/aromatic N) is 4.